The molecule has 5 heteroatoms. The molecule has 4 nitrogen and oxygen atoms in total. The summed E-state index contributed by atoms with van der Waals surface area (Å²) in [5, 5.41) is 1.67. The maximum absolute atomic E-state index is 10.7. The molecule has 0 bridgehead atoms. The van der Waals surface area contributed by atoms with Gasteiger partial charge in [0, 0.05) is 0 Å². The molecule has 0 amide bonds. The zero-order valence-corrected chi connectivity index (χ0v) is 9.57. The van der Waals surface area contributed by atoms with E-state index in [1.165, 1.54) is 19.2 Å². The average Bonchev–Trinajstić information content (AvgIpc) is 2.30. The van der Waals surface area contributed by atoms with Crippen molar-refractivity contribution in [2.24, 2.45) is 5.73 Å². The molecule has 0 atom stereocenters. The molecule has 0 aliphatic rings. The molecule has 0 heterocycles. The van der Waals surface area contributed by atoms with Crippen molar-refractivity contribution < 1.29 is 13.0 Å². The summed E-state index contributed by atoms with van der Waals surface area (Å²) in [5.41, 5.74) is 4.50. The molecule has 2 aromatic rings. The summed E-state index contributed by atoms with van der Waals surface area (Å²) < 4.78 is 32.2. The molecule has 0 saturated heterocycles. The number of hydrogen-bond donors (Lipinski definition) is 1. The van der Waals surface area contributed by atoms with Crippen LogP contribution in [0.2, 0.25) is 0 Å². The van der Waals surface area contributed by atoms with Gasteiger partial charge in [-0.1, -0.05) is 30.3 Å². The molecule has 2 N–H and O–H groups in total. The van der Waals surface area contributed by atoms with Gasteiger partial charge in [-0.3, -0.25) is 0 Å². The minimum atomic E-state index is -4.34. The van der Waals surface area contributed by atoms with E-state index in [0.717, 1.165) is 10.8 Å². The van der Waals surface area contributed by atoms with Crippen LogP contribution in [0.5, 0.6) is 0 Å². The van der Waals surface area contributed by atoms with E-state index in [1.807, 2.05) is 12.1 Å². The van der Waals surface area contributed by atoms with E-state index in [4.69, 9.17) is 0 Å². The lowest BCUT2D eigenvalue weighted by atomic mass is 10.1. The second-order valence-corrected chi connectivity index (χ2v) is 4.34. The van der Waals surface area contributed by atoms with Gasteiger partial charge in [0.2, 0.25) is 0 Å². The van der Waals surface area contributed by atoms with Gasteiger partial charge in [-0.25, -0.2) is 8.42 Å². The molecule has 0 aliphatic carbocycles. The molecule has 2 rings (SSSR count). The second-order valence-electron chi connectivity index (χ2n) is 2.96. The monoisotopic (exact) mass is 238 g/mol. The van der Waals surface area contributed by atoms with Crippen LogP contribution < -0.4 is 5.73 Å². The van der Waals surface area contributed by atoms with Crippen molar-refractivity contribution in [2.75, 3.05) is 7.05 Å². The van der Waals surface area contributed by atoms with Gasteiger partial charge in [-0.2, -0.15) is 0 Å². The Morgan fingerprint density at radius 3 is 2.12 bits per heavy atom. The quantitative estimate of drug-likeness (QED) is 0.759. The minimum Gasteiger partial charge on any atom is -0.744 e. The third-order valence-corrected chi connectivity index (χ3v) is 2.84. The van der Waals surface area contributed by atoms with Gasteiger partial charge >= 0.3 is 0 Å². The number of benzene rings is 2. The van der Waals surface area contributed by atoms with Crippen LogP contribution in [0.3, 0.4) is 0 Å². The van der Waals surface area contributed by atoms with E-state index in [9.17, 15) is 13.0 Å². The maximum Gasteiger partial charge on any atom is 0.124 e. The van der Waals surface area contributed by atoms with Crippen LogP contribution in [-0.2, 0) is 10.1 Å². The molecule has 86 valence electrons. The summed E-state index contributed by atoms with van der Waals surface area (Å²) in [6.07, 6.45) is 0. The number of hydrogen-bond acceptors (Lipinski definition) is 4. The van der Waals surface area contributed by atoms with Crippen LogP contribution in [0.15, 0.2) is 47.4 Å². The highest BCUT2D eigenvalue weighted by atomic mass is 32.2. The van der Waals surface area contributed by atoms with Crippen LogP contribution in [0.25, 0.3) is 10.8 Å². The third-order valence-electron chi connectivity index (χ3n) is 2.01. The average molecular weight is 238 g/mol. The molecule has 0 spiro atoms. The summed E-state index contributed by atoms with van der Waals surface area (Å²) in [4.78, 5) is -0.184. The van der Waals surface area contributed by atoms with Gasteiger partial charge in [0.05, 0.1) is 4.90 Å². The normalized spacial score (nSPS) is 10.7. The van der Waals surface area contributed by atoms with E-state index in [-0.39, 0.29) is 4.90 Å². The Kier molecular flexibility index (Phi) is 4.00. The minimum absolute atomic E-state index is 0.184. The summed E-state index contributed by atoms with van der Waals surface area (Å²) in [5.74, 6) is 0. The molecular weight excluding hydrogens is 226 g/mol. The van der Waals surface area contributed by atoms with Gasteiger partial charge in [0.1, 0.15) is 10.1 Å². The van der Waals surface area contributed by atoms with Crippen molar-refractivity contribution in [2.45, 2.75) is 4.90 Å². The van der Waals surface area contributed by atoms with Crippen LogP contribution in [0.4, 0.5) is 0 Å². The third kappa shape index (κ3) is 2.79. The van der Waals surface area contributed by atoms with Gasteiger partial charge in [-0.15, -0.1) is 0 Å². The summed E-state index contributed by atoms with van der Waals surface area (Å²) in [6.45, 7) is 0. The smallest absolute Gasteiger partial charge is 0.124 e. The van der Waals surface area contributed by atoms with Gasteiger partial charge in [0.15, 0.2) is 0 Å². The number of rotatable bonds is 1. The highest BCUT2D eigenvalue weighted by Gasteiger charge is 2.01. The second kappa shape index (κ2) is 5.07. The van der Waals surface area contributed by atoms with Crippen molar-refractivity contribution >= 4 is 20.9 Å². The Bertz CT molecular complexity index is 579. The Hall–Kier alpha value is -1.43. The largest absolute Gasteiger partial charge is 0.744 e. The summed E-state index contributed by atoms with van der Waals surface area (Å²) in [7, 11) is -2.84. The molecule has 2 aromatic carbocycles. The zero-order valence-electron chi connectivity index (χ0n) is 8.75. The van der Waals surface area contributed by atoms with Crippen molar-refractivity contribution in [3.63, 3.8) is 0 Å². The van der Waals surface area contributed by atoms with Crippen LogP contribution in [0, 0.1) is 0 Å². The Labute approximate surface area is 94.5 Å². The van der Waals surface area contributed by atoms with Crippen molar-refractivity contribution in [3.8, 4) is 0 Å². The molecular formula is C11H12NO3S-. The fourth-order valence-corrected chi connectivity index (χ4v) is 1.83. The van der Waals surface area contributed by atoms with Gasteiger partial charge in [-0.05, 0) is 30.0 Å². The maximum atomic E-state index is 10.7. The first-order valence-corrected chi connectivity index (χ1v) is 6.01. The standard InChI is InChI=1S/C10H8O3S.CH5N/c11-14(12,13)10-6-5-8-3-1-2-4-9(8)7-10;1-2/h1-7H,(H,11,12,13);2H2,1H3/p-1. The molecule has 0 fully saturated rings. The van der Waals surface area contributed by atoms with Crippen molar-refractivity contribution in [1.82, 2.24) is 0 Å². The fraction of sp³-hybridized carbons (Fsp3) is 0.0909. The Morgan fingerprint density at radius 1 is 1.00 bits per heavy atom. The first-order valence-electron chi connectivity index (χ1n) is 4.60. The lowest BCUT2D eigenvalue weighted by Gasteiger charge is -2.07. The zero-order chi connectivity index (χ0) is 12.2. The van der Waals surface area contributed by atoms with Crippen LogP contribution >= 0.6 is 0 Å². The van der Waals surface area contributed by atoms with E-state index >= 15 is 0 Å². The van der Waals surface area contributed by atoms with Gasteiger partial charge in [0.25, 0.3) is 0 Å². The Balaban J connectivity index is 0.000000606. The fourth-order valence-electron chi connectivity index (χ4n) is 1.32. The molecule has 0 aliphatic heterocycles. The van der Waals surface area contributed by atoms with E-state index in [2.05, 4.69) is 5.73 Å². The summed E-state index contributed by atoms with van der Waals surface area (Å²) >= 11 is 0. The SMILES string of the molecule is CN.O=S(=O)([O-])c1ccc2ccccc2c1. The number of nitrogens with two attached hydrogens (primary N) is 1. The van der Waals surface area contributed by atoms with Gasteiger partial charge < -0.3 is 10.3 Å². The molecule has 0 radical (unpaired) electrons. The van der Waals surface area contributed by atoms with Crippen LogP contribution in [0.1, 0.15) is 0 Å². The van der Waals surface area contributed by atoms with E-state index in [0.29, 0.717) is 0 Å². The van der Waals surface area contributed by atoms with E-state index < -0.39 is 10.1 Å². The van der Waals surface area contributed by atoms with Crippen molar-refractivity contribution in [1.29, 1.82) is 0 Å². The predicted molar refractivity (Wildman–Crippen MR) is 62.0 cm³/mol. The lowest BCUT2D eigenvalue weighted by Crippen LogP contribution is -1.97. The highest BCUT2D eigenvalue weighted by Crippen LogP contribution is 2.18. The Morgan fingerprint density at radius 2 is 1.56 bits per heavy atom. The lowest BCUT2D eigenvalue weighted by molar-refractivity contribution is 0.463. The highest BCUT2D eigenvalue weighted by molar-refractivity contribution is 7.85. The molecule has 16 heavy (non-hydrogen) atoms. The molecule has 0 unspecified atom stereocenters. The first-order chi connectivity index (χ1) is 7.57. The topological polar surface area (TPSA) is 83.2 Å². The predicted octanol–water partition coefficient (Wildman–Crippen LogP) is 1.32. The number of fused-ring (bicyclic) bond motifs is 1. The van der Waals surface area contributed by atoms with Crippen LogP contribution in [-0.4, -0.2) is 20.0 Å². The molecule has 0 saturated carbocycles. The summed E-state index contributed by atoms with van der Waals surface area (Å²) in [6, 6.07) is 11.6. The molecule has 0 aromatic heterocycles. The first kappa shape index (κ1) is 12.6. The van der Waals surface area contributed by atoms with Crippen molar-refractivity contribution in [3.05, 3.63) is 42.5 Å². The van der Waals surface area contributed by atoms with E-state index in [1.54, 1.807) is 18.2 Å².